The molecule has 0 bridgehead atoms. The lowest BCUT2D eigenvalue weighted by molar-refractivity contribution is -0.695. The van der Waals surface area contributed by atoms with Gasteiger partial charge in [-0.15, -0.1) is 0 Å². The number of benzene rings is 1. The second-order valence-electron chi connectivity index (χ2n) is 6.84. The molecule has 0 aliphatic carbocycles. The Labute approximate surface area is 182 Å². The largest absolute Gasteiger partial charge is 0.503 e. The normalized spacial score (nSPS) is 16.5. The lowest BCUT2D eigenvalue weighted by Gasteiger charge is -2.27. The van der Waals surface area contributed by atoms with Gasteiger partial charge in [-0.25, -0.2) is 4.57 Å². The van der Waals surface area contributed by atoms with Crippen LogP contribution in [-0.4, -0.2) is 33.2 Å². The van der Waals surface area contributed by atoms with Gasteiger partial charge in [-0.05, 0) is 29.8 Å². The van der Waals surface area contributed by atoms with Crippen molar-refractivity contribution >= 4 is 34.9 Å². The van der Waals surface area contributed by atoms with Gasteiger partial charge in [-0.1, -0.05) is 29.3 Å². The Balaban J connectivity index is 1.70. The molecule has 2 N–H and O–H groups in total. The molecule has 1 amide bonds. The topological polar surface area (TPSA) is 90.4 Å². The van der Waals surface area contributed by atoms with E-state index in [4.69, 9.17) is 27.6 Å². The number of aliphatic hydroxyl groups excluding tert-OH is 1. The third-order valence-corrected chi connectivity index (χ3v) is 5.53. The number of aromatic amines is 1. The molecule has 7 nitrogen and oxygen atoms in total. The van der Waals surface area contributed by atoms with Crippen molar-refractivity contribution in [3.8, 4) is 0 Å². The molecule has 4 rings (SSSR count). The Morgan fingerprint density at radius 1 is 1.30 bits per heavy atom. The molecule has 9 heteroatoms. The minimum Gasteiger partial charge on any atom is -0.503 e. The van der Waals surface area contributed by atoms with Crippen molar-refractivity contribution in [3.63, 3.8) is 0 Å². The van der Waals surface area contributed by atoms with Crippen LogP contribution in [0, 0.1) is 0 Å². The first-order valence-electron chi connectivity index (χ1n) is 9.26. The third kappa shape index (κ3) is 3.74. The number of halogens is 2. The number of furan rings is 1. The molecular weight excluding hydrogens is 429 g/mol. The van der Waals surface area contributed by atoms with E-state index in [1.807, 2.05) is 10.8 Å². The predicted octanol–water partition coefficient (Wildman–Crippen LogP) is 3.87. The standard InChI is InChI=1S/C21H17Cl2N3O4/c22-13-4-5-14(15(23)11-13)18-17(19(27)16-3-1-10-30-16)20(28)21(29)26(18)8-2-7-25-9-6-24-12-25/h1,3-6,9-12,18H,2,7-8H2,(H,27,28)/p+1. The van der Waals surface area contributed by atoms with Gasteiger partial charge in [0.2, 0.25) is 12.1 Å². The molecule has 0 fully saturated rings. The number of rotatable bonds is 7. The van der Waals surface area contributed by atoms with Gasteiger partial charge in [0.05, 0.1) is 24.4 Å². The second-order valence-corrected chi connectivity index (χ2v) is 7.68. The van der Waals surface area contributed by atoms with Gasteiger partial charge in [0, 0.05) is 23.0 Å². The molecule has 3 heterocycles. The summed E-state index contributed by atoms with van der Waals surface area (Å²) in [7, 11) is 0. The van der Waals surface area contributed by atoms with E-state index in [1.165, 1.54) is 17.2 Å². The van der Waals surface area contributed by atoms with Crippen molar-refractivity contribution in [2.75, 3.05) is 6.54 Å². The van der Waals surface area contributed by atoms with Crippen LogP contribution in [0.15, 0.2) is 71.1 Å². The van der Waals surface area contributed by atoms with Crippen molar-refractivity contribution in [1.29, 1.82) is 0 Å². The Morgan fingerprint density at radius 3 is 2.80 bits per heavy atom. The quantitative estimate of drug-likeness (QED) is 0.425. The number of carbonyl (C=O) groups excluding carboxylic acids is 2. The molecule has 1 atom stereocenters. The highest BCUT2D eigenvalue weighted by atomic mass is 35.5. The van der Waals surface area contributed by atoms with Crippen LogP contribution in [0.2, 0.25) is 10.0 Å². The summed E-state index contributed by atoms with van der Waals surface area (Å²) in [6, 6.07) is 7.03. The Kier molecular flexibility index (Phi) is 5.65. The van der Waals surface area contributed by atoms with E-state index in [0.29, 0.717) is 35.1 Å². The van der Waals surface area contributed by atoms with Crippen molar-refractivity contribution in [2.45, 2.75) is 19.0 Å². The molecule has 2 aromatic heterocycles. The maximum Gasteiger partial charge on any atom is 0.290 e. The monoisotopic (exact) mass is 446 g/mol. The smallest absolute Gasteiger partial charge is 0.290 e. The van der Waals surface area contributed by atoms with E-state index in [9.17, 15) is 14.7 Å². The number of carbonyl (C=O) groups is 2. The van der Waals surface area contributed by atoms with E-state index >= 15 is 0 Å². The summed E-state index contributed by atoms with van der Waals surface area (Å²) >= 11 is 12.4. The molecule has 0 radical (unpaired) electrons. The number of H-pyrrole nitrogens is 1. The first-order valence-corrected chi connectivity index (χ1v) is 10.0. The number of Topliss-reactive ketones (excluding diaryl/α,β-unsaturated/α-hetero) is 1. The van der Waals surface area contributed by atoms with E-state index < -0.39 is 23.5 Å². The number of hydrogen-bond donors (Lipinski definition) is 2. The zero-order valence-electron chi connectivity index (χ0n) is 15.7. The van der Waals surface area contributed by atoms with E-state index in [-0.39, 0.29) is 11.3 Å². The molecule has 0 spiro atoms. The average Bonchev–Trinajstić information content (AvgIpc) is 3.46. The maximum atomic E-state index is 13.1. The van der Waals surface area contributed by atoms with Crippen molar-refractivity contribution in [3.05, 3.63) is 88.0 Å². The Bertz CT molecular complexity index is 1110. The zero-order chi connectivity index (χ0) is 21.3. The third-order valence-electron chi connectivity index (χ3n) is 4.97. The highest BCUT2D eigenvalue weighted by Gasteiger charge is 2.44. The minimum absolute atomic E-state index is 0.0316. The molecular formula is C21H18Cl2N3O4+. The molecule has 0 saturated carbocycles. The summed E-state index contributed by atoms with van der Waals surface area (Å²) in [5, 5.41) is 11.3. The van der Waals surface area contributed by atoms with Crippen LogP contribution < -0.4 is 4.57 Å². The van der Waals surface area contributed by atoms with Gasteiger partial charge >= 0.3 is 0 Å². The van der Waals surface area contributed by atoms with Crippen LogP contribution in [0.3, 0.4) is 0 Å². The molecule has 1 unspecified atom stereocenters. The Morgan fingerprint density at radius 2 is 2.13 bits per heavy atom. The number of aliphatic hydroxyl groups is 1. The van der Waals surface area contributed by atoms with Gasteiger partial charge < -0.3 is 14.4 Å². The van der Waals surface area contributed by atoms with Gasteiger partial charge in [-0.3, -0.25) is 14.6 Å². The van der Waals surface area contributed by atoms with Crippen LogP contribution in [-0.2, 0) is 11.3 Å². The van der Waals surface area contributed by atoms with E-state index in [0.717, 1.165) is 0 Å². The van der Waals surface area contributed by atoms with Crippen LogP contribution in [0.5, 0.6) is 0 Å². The molecule has 1 aliphatic rings. The summed E-state index contributed by atoms with van der Waals surface area (Å²) in [4.78, 5) is 30.4. The lowest BCUT2D eigenvalue weighted by atomic mass is 9.95. The first-order chi connectivity index (χ1) is 14.5. The lowest BCUT2D eigenvalue weighted by Crippen LogP contribution is -2.36. The SMILES string of the molecule is O=C(C1=C(O)C(=O)N(CCC[n+]2cc[nH]c2)C1c1ccc(Cl)cc1Cl)c1ccco1. The van der Waals surface area contributed by atoms with Gasteiger partial charge in [0.15, 0.2) is 11.5 Å². The van der Waals surface area contributed by atoms with Crippen LogP contribution in [0.25, 0.3) is 0 Å². The average molecular weight is 447 g/mol. The molecule has 30 heavy (non-hydrogen) atoms. The number of imidazole rings is 1. The molecule has 3 aromatic rings. The van der Waals surface area contributed by atoms with E-state index in [2.05, 4.69) is 4.98 Å². The van der Waals surface area contributed by atoms with Crippen molar-refractivity contribution in [1.82, 2.24) is 9.88 Å². The fraction of sp³-hybridized carbons (Fsp3) is 0.190. The minimum atomic E-state index is -0.851. The number of nitrogens with one attached hydrogen (secondary N) is 1. The zero-order valence-corrected chi connectivity index (χ0v) is 17.2. The van der Waals surface area contributed by atoms with Gasteiger partial charge in [0.25, 0.3) is 5.91 Å². The molecule has 154 valence electrons. The molecule has 0 saturated heterocycles. The highest BCUT2D eigenvalue weighted by Crippen LogP contribution is 2.42. The Hall–Kier alpha value is -3.03. The van der Waals surface area contributed by atoms with Crippen LogP contribution in [0.1, 0.15) is 28.6 Å². The number of aromatic nitrogens is 2. The number of amides is 1. The second kappa shape index (κ2) is 8.38. The van der Waals surface area contributed by atoms with Gasteiger partial charge in [0.1, 0.15) is 12.4 Å². The summed E-state index contributed by atoms with van der Waals surface area (Å²) in [5.74, 6) is -1.75. The van der Waals surface area contributed by atoms with Crippen LogP contribution in [0.4, 0.5) is 0 Å². The summed E-state index contributed by atoms with van der Waals surface area (Å²) in [6.07, 6.45) is 7.44. The van der Waals surface area contributed by atoms with Crippen molar-refractivity contribution < 1.29 is 23.7 Å². The number of nitrogens with zero attached hydrogens (tertiary/aromatic N) is 2. The molecule has 1 aromatic carbocycles. The summed E-state index contributed by atoms with van der Waals surface area (Å²) in [5.41, 5.74) is 0.441. The van der Waals surface area contributed by atoms with Crippen LogP contribution >= 0.6 is 23.2 Å². The number of aryl methyl sites for hydroxylation is 1. The number of hydrogen-bond acceptors (Lipinski definition) is 4. The maximum absolute atomic E-state index is 13.1. The van der Waals surface area contributed by atoms with Gasteiger partial charge in [-0.2, -0.15) is 0 Å². The predicted molar refractivity (Wildman–Crippen MR) is 109 cm³/mol. The number of ketones is 1. The fourth-order valence-corrected chi connectivity index (χ4v) is 4.10. The summed E-state index contributed by atoms with van der Waals surface area (Å²) in [6.45, 7) is 0.955. The molecule has 1 aliphatic heterocycles. The highest BCUT2D eigenvalue weighted by molar-refractivity contribution is 6.35. The van der Waals surface area contributed by atoms with Crippen molar-refractivity contribution in [2.24, 2.45) is 0 Å². The summed E-state index contributed by atoms with van der Waals surface area (Å²) < 4.78 is 7.14. The first kappa shape index (κ1) is 20.3. The fourth-order valence-electron chi connectivity index (χ4n) is 3.59. The van der Waals surface area contributed by atoms with E-state index in [1.54, 1.807) is 36.8 Å².